The quantitative estimate of drug-likeness (QED) is 0.851. The minimum Gasteiger partial charge on any atom is -0.467 e. The number of piperidine rings is 1. The van der Waals surface area contributed by atoms with Crippen LogP contribution >= 0.6 is 0 Å². The lowest BCUT2D eigenvalue weighted by Crippen LogP contribution is -2.48. The van der Waals surface area contributed by atoms with Crippen molar-refractivity contribution < 1.29 is 23.5 Å². The lowest BCUT2D eigenvalue weighted by atomic mass is 10.0. The molecule has 0 radical (unpaired) electrons. The van der Waals surface area contributed by atoms with Crippen molar-refractivity contribution in [3.05, 3.63) is 54.0 Å². The largest absolute Gasteiger partial charge is 0.467 e. The summed E-state index contributed by atoms with van der Waals surface area (Å²) in [5, 5.41) is 2.69. The number of likely N-dealkylation sites (tertiary alicyclic amines) is 1. The first-order valence-corrected chi connectivity index (χ1v) is 8.44. The zero-order valence-corrected chi connectivity index (χ0v) is 14.4. The van der Waals surface area contributed by atoms with E-state index in [1.807, 2.05) is 0 Å². The van der Waals surface area contributed by atoms with E-state index in [0.717, 1.165) is 12.8 Å². The van der Waals surface area contributed by atoms with Gasteiger partial charge in [0.15, 0.2) is 5.76 Å². The van der Waals surface area contributed by atoms with Crippen LogP contribution in [-0.2, 0) is 9.53 Å². The third-order valence-corrected chi connectivity index (χ3v) is 4.37. The highest BCUT2D eigenvalue weighted by molar-refractivity contribution is 6.03. The van der Waals surface area contributed by atoms with Crippen molar-refractivity contribution >= 4 is 23.5 Å². The predicted molar refractivity (Wildman–Crippen MR) is 93.8 cm³/mol. The Morgan fingerprint density at radius 2 is 1.92 bits per heavy atom. The summed E-state index contributed by atoms with van der Waals surface area (Å²) in [4.78, 5) is 38.2. The van der Waals surface area contributed by atoms with Crippen molar-refractivity contribution in [2.24, 2.45) is 0 Å². The van der Waals surface area contributed by atoms with Crippen molar-refractivity contribution in [3.63, 3.8) is 0 Å². The van der Waals surface area contributed by atoms with Crippen molar-refractivity contribution in [1.82, 2.24) is 4.90 Å². The number of benzene rings is 1. The molecule has 7 heteroatoms. The number of amides is 2. The smallest absolute Gasteiger partial charge is 0.328 e. The fourth-order valence-electron chi connectivity index (χ4n) is 3.02. The maximum atomic E-state index is 12.8. The third kappa shape index (κ3) is 3.77. The van der Waals surface area contributed by atoms with Gasteiger partial charge in [0.25, 0.3) is 11.8 Å². The average molecular weight is 356 g/mol. The molecule has 1 unspecified atom stereocenters. The van der Waals surface area contributed by atoms with Gasteiger partial charge in [-0.1, -0.05) is 0 Å². The van der Waals surface area contributed by atoms with Gasteiger partial charge in [-0.05, 0) is 55.7 Å². The fourth-order valence-corrected chi connectivity index (χ4v) is 3.02. The molecule has 2 heterocycles. The standard InChI is InChI=1S/C19H20N2O5/c1-25-19(24)15-5-2-3-11-21(15)18(23)13-7-9-14(10-8-13)20-17(22)16-6-4-12-26-16/h4,6-10,12,15H,2-3,5,11H2,1H3,(H,20,22). The topological polar surface area (TPSA) is 88.9 Å². The van der Waals surface area contributed by atoms with Gasteiger partial charge < -0.3 is 19.4 Å². The summed E-state index contributed by atoms with van der Waals surface area (Å²) in [5.74, 6) is -0.764. The summed E-state index contributed by atoms with van der Waals surface area (Å²) in [6, 6.07) is 9.20. The molecule has 1 saturated heterocycles. The summed E-state index contributed by atoms with van der Waals surface area (Å²) in [5.41, 5.74) is 1.00. The van der Waals surface area contributed by atoms with Crippen molar-refractivity contribution in [1.29, 1.82) is 0 Å². The Hall–Kier alpha value is -3.09. The number of nitrogens with one attached hydrogen (secondary N) is 1. The van der Waals surface area contributed by atoms with E-state index < -0.39 is 6.04 Å². The van der Waals surface area contributed by atoms with E-state index in [4.69, 9.17) is 9.15 Å². The molecule has 0 saturated carbocycles. The first kappa shape index (κ1) is 17.7. The van der Waals surface area contributed by atoms with Crippen LogP contribution in [0.5, 0.6) is 0 Å². The Bertz CT molecular complexity index is 783. The average Bonchev–Trinajstić information content (AvgIpc) is 3.22. The van der Waals surface area contributed by atoms with E-state index in [1.54, 1.807) is 41.3 Å². The van der Waals surface area contributed by atoms with Crippen LogP contribution in [0.3, 0.4) is 0 Å². The van der Waals surface area contributed by atoms with Gasteiger partial charge >= 0.3 is 5.97 Å². The van der Waals surface area contributed by atoms with Crippen LogP contribution in [0.15, 0.2) is 47.1 Å². The number of furan rings is 1. The van der Waals surface area contributed by atoms with Gasteiger partial charge in [0, 0.05) is 17.8 Å². The molecule has 7 nitrogen and oxygen atoms in total. The van der Waals surface area contributed by atoms with Crippen LogP contribution in [0.4, 0.5) is 5.69 Å². The van der Waals surface area contributed by atoms with Gasteiger partial charge in [-0.2, -0.15) is 0 Å². The van der Waals surface area contributed by atoms with Crippen molar-refractivity contribution in [3.8, 4) is 0 Å². The van der Waals surface area contributed by atoms with E-state index >= 15 is 0 Å². The van der Waals surface area contributed by atoms with Crippen LogP contribution in [0.2, 0.25) is 0 Å². The second kappa shape index (κ2) is 7.86. The van der Waals surface area contributed by atoms with E-state index in [0.29, 0.717) is 24.2 Å². The molecule has 0 bridgehead atoms. The highest BCUT2D eigenvalue weighted by atomic mass is 16.5. The highest BCUT2D eigenvalue weighted by Gasteiger charge is 2.33. The Balaban J connectivity index is 1.70. The molecule has 1 atom stereocenters. The first-order valence-electron chi connectivity index (χ1n) is 8.44. The van der Waals surface area contributed by atoms with Crippen LogP contribution in [0.1, 0.15) is 40.2 Å². The van der Waals surface area contributed by atoms with Gasteiger partial charge in [0.1, 0.15) is 6.04 Å². The van der Waals surface area contributed by atoms with E-state index in [2.05, 4.69) is 5.32 Å². The molecule has 1 aliphatic rings. The molecule has 26 heavy (non-hydrogen) atoms. The molecule has 1 aromatic heterocycles. The van der Waals surface area contributed by atoms with Crippen LogP contribution in [-0.4, -0.2) is 42.4 Å². The molecule has 136 valence electrons. The minimum atomic E-state index is -0.542. The van der Waals surface area contributed by atoms with E-state index in [-0.39, 0.29) is 23.5 Å². The maximum Gasteiger partial charge on any atom is 0.328 e. The van der Waals surface area contributed by atoms with Crippen LogP contribution in [0, 0.1) is 0 Å². The lowest BCUT2D eigenvalue weighted by Gasteiger charge is -2.33. The maximum absolute atomic E-state index is 12.8. The summed E-state index contributed by atoms with van der Waals surface area (Å²) < 4.78 is 9.85. The second-order valence-electron chi connectivity index (χ2n) is 6.04. The van der Waals surface area contributed by atoms with E-state index in [1.165, 1.54) is 13.4 Å². The number of carbonyl (C=O) groups excluding carboxylic acids is 3. The molecule has 0 aliphatic carbocycles. The Morgan fingerprint density at radius 1 is 1.15 bits per heavy atom. The molecule has 3 rings (SSSR count). The number of nitrogens with zero attached hydrogens (tertiary/aromatic N) is 1. The molecule has 0 spiro atoms. The number of anilines is 1. The second-order valence-corrected chi connectivity index (χ2v) is 6.04. The Labute approximate surface area is 150 Å². The Kier molecular flexibility index (Phi) is 5.36. The summed E-state index contributed by atoms with van der Waals surface area (Å²) in [7, 11) is 1.33. The normalized spacial score (nSPS) is 16.8. The first-order chi connectivity index (χ1) is 12.6. The third-order valence-electron chi connectivity index (χ3n) is 4.37. The number of hydrogen-bond acceptors (Lipinski definition) is 5. The zero-order chi connectivity index (χ0) is 18.5. The molecule has 2 amide bonds. The summed E-state index contributed by atoms with van der Waals surface area (Å²) >= 11 is 0. The molecule has 2 aromatic rings. The van der Waals surface area contributed by atoms with Crippen molar-refractivity contribution in [2.75, 3.05) is 19.0 Å². The Morgan fingerprint density at radius 3 is 2.58 bits per heavy atom. The van der Waals surface area contributed by atoms with Gasteiger partial charge in [-0.3, -0.25) is 9.59 Å². The number of hydrogen-bond donors (Lipinski definition) is 1. The van der Waals surface area contributed by atoms with E-state index in [9.17, 15) is 14.4 Å². The van der Waals surface area contributed by atoms with Crippen molar-refractivity contribution in [2.45, 2.75) is 25.3 Å². The number of esters is 1. The van der Waals surface area contributed by atoms with Crippen LogP contribution < -0.4 is 5.32 Å². The number of ether oxygens (including phenoxy) is 1. The zero-order valence-electron chi connectivity index (χ0n) is 14.4. The summed E-state index contributed by atoms with van der Waals surface area (Å²) in [6.07, 6.45) is 3.78. The summed E-state index contributed by atoms with van der Waals surface area (Å²) in [6.45, 7) is 0.523. The predicted octanol–water partition coefficient (Wildman–Crippen LogP) is 2.70. The fraction of sp³-hybridized carbons (Fsp3) is 0.316. The number of carbonyl (C=O) groups is 3. The SMILES string of the molecule is COC(=O)C1CCCCN1C(=O)c1ccc(NC(=O)c2ccco2)cc1. The number of rotatable bonds is 4. The lowest BCUT2D eigenvalue weighted by molar-refractivity contribution is -0.147. The monoisotopic (exact) mass is 356 g/mol. The molecule has 1 fully saturated rings. The highest BCUT2D eigenvalue weighted by Crippen LogP contribution is 2.21. The molecule has 1 aliphatic heterocycles. The van der Waals surface area contributed by atoms with Gasteiger partial charge in [0.2, 0.25) is 0 Å². The molecule has 1 N–H and O–H groups in total. The van der Waals surface area contributed by atoms with Gasteiger partial charge in [0.05, 0.1) is 13.4 Å². The van der Waals surface area contributed by atoms with Gasteiger partial charge in [-0.15, -0.1) is 0 Å². The van der Waals surface area contributed by atoms with Gasteiger partial charge in [-0.25, -0.2) is 4.79 Å². The minimum absolute atomic E-state index is 0.208. The number of methoxy groups -OCH3 is 1. The molecular weight excluding hydrogens is 336 g/mol. The van der Waals surface area contributed by atoms with Crippen LogP contribution in [0.25, 0.3) is 0 Å². The molecular formula is C19H20N2O5. The molecule has 1 aromatic carbocycles.